The molecule has 5 N–H and O–H groups in total. The van der Waals surface area contributed by atoms with Crippen LogP contribution < -0.4 is 6.15 Å². The Morgan fingerprint density at radius 1 is 1.00 bits per heavy atom. The second-order valence-electron chi connectivity index (χ2n) is 0. The first-order valence-corrected chi connectivity index (χ1v) is 0. The van der Waals surface area contributed by atoms with E-state index in [1.54, 1.807) is 0 Å². The van der Waals surface area contributed by atoms with Crippen LogP contribution in [-0.4, -0.2) is 61.9 Å². The van der Waals surface area contributed by atoms with Gasteiger partial charge in [0.15, 0.2) is 0 Å². The summed E-state index contributed by atoms with van der Waals surface area (Å²) in [7, 11) is 0. The van der Waals surface area contributed by atoms with Gasteiger partial charge in [0, 0.05) is 56.4 Å². The van der Waals surface area contributed by atoms with Crippen LogP contribution in [0.15, 0.2) is 0 Å². The summed E-state index contributed by atoms with van der Waals surface area (Å²) in [6.07, 6.45) is 0. The molecule has 0 aliphatic carbocycles. The molecular weight excluding hydrogens is 146 g/mol. The van der Waals surface area contributed by atoms with Crippen molar-refractivity contribution in [2.75, 3.05) is 0 Å². The smallest absolute Gasteiger partial charge is 0 e. The molecule has 0 saturated heterocycles. The van der Waals surface area contributed by atoms with Gasteiger partial charge in [-0.3, -0.25) is 0 Å². The maximum absolute atomic E-state index is 0. The molecule has 4 heavy (non-hydrogen) atoms. The third-order valence-electron chi connectivity index (χ3n) is 0. The fourth-order valence-electron chi connectivity index (χ4n) is 0. The quantitative estimate of drug-likeness (QED) is 0.423. The third-order valence-corrected chi connectivity index (χ3v) is 0. The molecule has 0 atom stereocenters. The average molecular weight is 151 g/mol. The minimum Gasteiger partial charge on any atom is -0.412 e. The number of hydrogen-bond donors (Lipinski definition) is 1. The summed E-state index contributed by atoms with van der Waals surface area (Å²) in [4.78, 5) is 0. The predicted molar refractivity (Wildman–Crippen MR) is 20.1 cm³/mol. The van der Waals surface area contributed by atoms with Gasteiger partial charge in [0.25, 0.3) is 0 Å². The Bertz CT molecular complexity index is 8.00. The molecule has 0 unspecified atom stereocenters. The summed E-state index contributed by atoms with van der Waals surface area (Å²) < 4.78 is 0. The molecule has 0 amide bonds. The van der Waals surface area contributed by atoms with E-state index in [9.17, 15) is 0 Å². The first-order valence-electron chi connectivity index (χ1n) is 0. The summed E-state index contributed by atoms with van der Waals surface area (Å²) in [6, 6.07) is 0. The van der Waals surface area contributed by atoms with Gasteiger partial charge in [-0.2, -0.15) is 0 Å². The predicted octanol–water partition coefficient (Wildman–Crippen LogP) is -1.42. The number of rotatable bonds is 0. The van der Waals surface area contributed by atoms with E-state index in [1.165, 1.54) is 0 Å². The normalized spacial score (nSPS) is 0. The van der Waals surface area contributed by atoms with Gasteiger partial charge in [-0.15, -0.1) is 0 Å². The van der Waals surface area contributed by atoms with Crippen molar-refractivity contribution >= 4 is 56.4 Å². The Kier molecular flexibility index (Phi) is 264. The first-order chi connectivity index (χ1) is 0. The van der Waals surface area contributed by atoms with Crippen molar-refractivity contribution in [3.63, 3.8) is 0 Å². The zero-order chi connectivity index (χ0) is 0. The molecule has 4 heteroatoms. The van der Waals surface area contributed by atoms with Crippen LogP contribution in [-0.2, 0) is 0 Å². The number of hydrogen-bond acceptors (Lipinski definition) is 1. The van der Waals surface area contributed by atoms with Crippen molar-refractivity contribution in [1.29, 1.82) is 0 Å². The summed E-state index contributed by atoms with van der Waals surface area (Å²) in [5, 5.41) is 0. The molecule has 6 radical (unpaired) electrons. The van der Waals surface area contributed by atoms with Crippen molar-refractivity contribution in [1.82, 2.24) is 6.15 Å². The van der Waals surface area contributed by atoms with Gasteiger partial charge in [0.05, 0.1) is 0 Å². The van der Waals surface area contributed by atoms with Crippen LogP contribution in [0.3, 0.4) is 0 Å². The van der Waals surface area contributed by atoms with Crippen LogP contribution in [0.4, 0.5) is 0 Å². The monoisotopic (exact) mass is 151 g/mol. The molecule has 0 bridgehead atoms. The van der Waals surface area contributed by atoms with E-state index in [-0.39, 0.29) is 68.1 Å². The molecule has 0 aliphatic heterocycles. The van der Waals surface area contributed by atoms with Crippen molar-refractivity contribution < 1.29 is 5.48 Å². The van der Waals surface area contributed by atoms with Gasteiger partial charge in [-0.05, 0) is 0 Å². The van der Waals surface area contributed by atoms with Crippen molar-refractivity contribution in [3.05, 3.63) is 0 Å². The second kappa shape index (κ2) is 23.1. The van der Waals surface area contributed by atoms with Crippen LogP contribution in [0.1, 0.15) is 0 Å². The van der Waals surface area contributed by atoms with E-state index in [4.69, 9.17) is 0 Å². The Labute approximate surface area is 67.1 Å². The maximum Gasteiger partial charge on any atom is 0 e. The zero-order valence-electron chi connectivity index (χ0n) is 2.41. The van der Waals surface area contributed by atoms with E-state index in [0.29, 0.717) is 0 Å². The van der Waals surface area contributed by atoms with Crippen LogP contribution in [0, 0.1) is 0 Å². The fraction of sp³-hybridized carbons (Fsp3) is 0. The molecule has 22 valence electrons. The van der Waals surface area contributed by atoms with Crippen molar-refractivity contribution in [3.8, 4) is 0 Å². The van der Waals surface area contributed by atoms with E-state index in [2.05, 4.69) is 0 Å². The molecule has 0 heterocycles. The van der Waals surface area contributed by atoms with Gasteiger partial charge >= 0.3 is 0 Å². The van der Waals surface area contributed by atoms with Gasteiger partial charge in [0.1, 0.15) is 0 Å². The Balaban J connectivity index is 0. The van der Waals surface area contributed by atoms with E-state index in [1.807, 2.05) is 0 Å². The van der Waals surface area contributed by atoms with Gasteiger partial charge in [-0.1, -0.05) is 0 Å². The first kappa shape index (κ1) is 45.8. The largest absolute Gasteiger partial charge is 0.412 e. The van der Waals surface area contributed by atoms with Gasteiger partial charge in [-0.25, -0.2) is 0 Å². The fourth-order valence-corrected chi connectivity index (χ4v) is 0. The Morgan fingerprint density at radius 3 is 1.00 bits per heavy atom. The molecule has 2 nitrogen and oxygen atoms in total. The minimum absolute atomic E-state index is 0. The maximum atomic E-state index is 0. The summed E-state index contributed by atoms with van der Waals surface area (Å²) in [5.41, 5.74) is 0. The van der Waals surface area contributed by atoms with Crippen molar-refractivity contribution in [2.45, 2.75) is 0 Å². The molecule has 0 aliphatic rings. The van der Waals surface area contributed by atoms with E-state index in [0.717, 1.165) is 0 Å². The van der Waals surface area contributed by atoms with Crippen LogP contribution in [0.25, 0.3) is 0 Å². The third kappa shape index (κ3) is 9.47. The summed E-state index contributed by atoms with van der Waals surface area (Å²) in [5.74, 6) is 0. The Hall–Kier alpha value is 1.62. The molecule has 0 aromatic rings. The molecule has 0 aromatic carbocycles. The average Bonchev–Trinajstić information content (AvgIpc) is 0. The van der Waals surface area contributed by atoms with Crippen LogP contribution in [0.2, 0.25) is 0 Å². The van der Waals surface area contributed by atoms with E-state index >= 15 is 0 Å². The van der Waals surface area contributed by atoms with Crippen molar-refractivity contribution in [2.24, 2.45) is 0 Å². The minimum atomic E-state index is 0. The molecule has 0 aromatic heterocycles. The Morgan fingerprint density at radius 2 is 1.00 bits per heavy atom. The summed E-state index contributed by atoms with van der Waals surface area (Å²) >= 11 is 0. The molecule has 0 saturated carbocycles. The SMILES string of the molecule is N.O.[Si].[Sr]. The molecular formula is H5NOSiSr. The van der Waals surface area contributed by atoms with Crippen LogP contribution in [0.5, 0.6) is 0 Å². The second-order valence-corrected chi connectivity index (χ2v) is 0. The topological polar surface area (TPSA) is 66.5 Å². The van der Waals surface area contributed by atoms with Gasteiger partial charge in [0.2, 0.25) is 0 Å². The summed E-state index contributed by atoms with van der Waals surface area (Å²) in [6.45, 7) is 0. The standard InChI is InChI=1S/H3N.H2O.Si.Sr/h1H3;1H2;;. The molecule has 0 spiro atoms. The molecule has 0 fully saturated rings. The van der Waals surface area contributed by atoms with Crippen LogP contribution >= 0.6 is 0 Å². The molecule has 0 rings (SSSR count). The van der Waals surface area contributed by atoms with Gasteiger partial charge < -0.3 is 11.6 Å². The van der Waals surface area contributed by atoms with E-state index < -0.39 is 0 Å². The zero-order valence-corrected chi connectivity index (χ0v) is 6.89.